The Hall–Kier alpha value is -2.30. The molecule has 0 aliphatic carbocycles. The zero-order valence-corrected chi connectivity index (χ0v) is 15.6. The van der Waals surface area contributed by atoms with Crippen molar-refractivity contribution in [3.8, 4) is 5.75 Å². The Balaban J connectivity index is 1.82. The van der Waals surface area contributed by atoms with Gasteiger partial charge in [-0.25, -0.2) is 4.79 Å². The quantitative estimate of drug-likeness (QED) is 0.497. The summed E-state index contributed by atoms with van der Waals surface area (Å²) < 4.78 is 16.0. The third-order valence-electron chi connectivity index (χ3n) is 4.14. The van der Waals surface area contributed by atoms with Crippen LogP contribution in [-0.4, -0.2) is 24.8 Å². The van der Waals surface area contributed by atoms with E-state index < -0.39 is 0 Å². The maximum Gasteiger partial charge on any atom is 0.337 e. The van der Waals surface area contributed by atoms with E-state index in [1.807, 2.05) is 32.0 Å². The molecule has 1 aromatic carbocycles. The zero-order chi connectivity index (χ0) is 18.2. The molecule has 5 nitrogen and oxygen atoms in total. The first-order valence-electron chi connectivity index (χ1n) is 8.82. The molecular weight excluding hydrogens is 318 g/mol. The topological polar surface area (TPSA) is 61.6 Å². The number of esters is 1. The van der Waals surface area contributed by atoms with Crippen LogP contribution in [0.25, 0.3) is 0 Å². The van der Waals surface area contributed by atoms with E-state index in [4.69, 9.17) is 14.0 Å². The van der Waals surface area contributed by atoms with Crippen LogP contribution in [0, 0.1) is 13.8 Å². The van der Waals surface area contributed by atoms with Crippen LogP contribution in [0.15, 0.2) is 22.7 Å². The molecule has 0 radical (unpaired) electrons. The van der Waals surface area contributed by atoms with Crippen LogP contribution in [-0.2, 0) is 17.6 Å². The highest BCUT2D eigenvalue weighted by atomic mass is 16.5. The number of nitrogens with zero attached hydrogens (tertiary/aromatic N) is 1. The molecule has 0 aliphatic heterocycles. The third-order valence-corrected chi connectivity index (χ3v) is 4.14. The lowest BCUT2D eigenvalue weighted by molar-refractivity contribution is 0.0600. The van der Waals surface area contributed by atoms with E-state index in [-0.39, 0.29) is 5.97 Å². The summed E-state index contributed by atoms with van der Waals surface area (Å²) in [6.45, 7) is 6.62. The Morgan fingerprint density at radius 1 is 1.16 bits per heavy atom. The second-order valence-corrected chi connectivity index (χ2v) is 6.22. The Kier molecular flexibility index (Phi) is 7.04. The van der Waals surface area contributed by atoms with Crippen LogP contribution in [0.4, 0.5) is 0 Å². The first-order chi connectivity index (χ1) is 12.0. The molecule has 0 saturated heterocycles. The van der Waals surface area contributed by atoms with Gasteiger partial charge < -0.3 is 14.0 Å². The molecule has 2 aromatic rings. The standard InChI is InChI=1S/C20H27NO4/c1-5-16-13-17(20(22)23-4)11-14(2)19(16)24-10-8-6-7-9-18-12-15(3)21-25-18/h11-13H,5-10H2,1-4H3. The molecule has 1 aromatic heterocycles. The minimum atomic E-state index is -0.313. The number of hydrogen-bond acceptors (Lipinski definition) is 5. The Morgan fingerprint density at radius 2 is 1.96 bits per heavy atom. The van der Waals surface area contributed by atoms with Crippen LogP contribution in [0.5, 0.6) is 5.75 Å². The lowest BCUT2D eigenvalue weighted by Gasteiger charge is -2.15. The van der Waals surface area contributed by atoms with Gasteiger partial charge in [0.25, 0.3) is 0 Å². The number of aromatic nitrogens is 1. The van der Waals surface area contributed by atoms with Crippen molar-refractivity contribution in [3.05, 3.63) is 46.3 Å². The SMILES string of the molecule is CCc1cc(C(=O)OC)cc(C)c1OCCCCCc1cc(C)no1. The number of ether oxygens (including phenoxy) is 2. The van der Waals surface area contributed by atoms with E-state index in [0.717, 1.165) is 60.4 Å². The van der Waals surface area contributed by atoms with Crippen molar-refractivity contribution in [1.82, 2.24) is 5.16 Å². The fraction of sp³-hybridized carbons (Fsp3) is 0.500. The van der Waals surface area contributed by atoms with E-state index in [1.54, 1.807) is 0 Å². The van der Waals surface area contributed by atoms with E-state index in [9.17, 15) is 4.79 Å². The van der Waals surface area contributed by atoms with E-state index >= 15 is 0 Å². The molecule has 5 heteroatoms. The molecule has 0 bridgehead atoms. The molecule has 0 unspecified atom stereocenters. The Morgan fingerprint density at radius 3 is 2.60 bits per heavy atom. The molecule has 0 fully saturated rings. The monoisotopic (exact) mass is 345 g/mol. The number of carbonyl (C=O) groups excluding carboxylic acids is 1. The average molecular weight is 345 g/mol. The van der Waals surface area contributed by atoms with Crippen LogP contribution in [0.3, 0.4) is 0 Å². The van der Waals surface area contributed by atoms with Gasteiger partial charge in [-0.05, 0) is 62.8 Å². The molecule has 0 saturated carbocycles. The van der Waals surface area contributed by atoms with Crippen molar-refractivity contribution in [3.63, 3.8) is 0 Å². The van der Waals surface area contributed by atoms with Gasteiger partial charge in [0.05, 0.1) is 25.0 Å². The molecular formula is C20H27NO4. The van der Waals surface area contributed by atoms with E-state index in [1.165, 1.54) is 7.11 Å². The number of hydrogen-bond donors (Lipinski definition) is 0. The van der Waals surface area contributed by atoms with Gasteiger partial charge in [0, 0.05) is 12.5 Å². The second-order valence-electron chi connectivity index (χ2n) is 6.22. The highest BCUT2D eigenvalue weighted by Crippen LogP contribution is 2.27. The van der Waals surface area contributed by atoms with Crippen LogP contribution >= 0.6 is 0 Å². The van der Waals surface area contributed by atoms with Crippen LogP contribution in [0.2, 0.25) is 0 Å². The largest absolute Gasteiger partial charge is 0.493 e. The van der Waals surface area contributed by atoms with Crippen molar-refractivity contribution in [2.75, 3.05) is 13.7 Å². The molecule has 0 N–H and O–H groups in total. The first-order valence-corrected chi connectivity index (χ1v) is 8.82. The van der Waals surface area contributed by atoms with Gasteiger partial charge in [0.1, 0.15) is 11.5 Å². The predicted molar refractivity (Wildman–Crippen MR) is 96.2 cm³/mol. The first kappa shape index (κ1) is 19.0. The van der Waals surface area contributed by atoms with Crippen molar-refractivity contribution >= 4 is 5.97 Å². The average Bonchev–Trinajstić information content (AvgIpc) is 3.03. The number of methoxy groups -OCH3 is 1. The number of rotatable bonds is 9. The highest BCUT2D eigenvalue weighted by Gasteiger charge is 2.13. The summed E-state index contributed by atoms with van der Waals surface area (Å²) in [7, 11) is 1.40. The fourth-order valence-corrected chi connectivity index (χ4v) is 2.84. The summed E-state index contributed by atoms with van der Waals surface area (Å²) in [5, 5.41) is 3.89. The second kappa shape index (κ2) is 9.25. The highest BCUT2D eigenvalue weighted by molar-refractivity contribution is 5.90. The van der Waals surface area contributed by atoms with Crippen molar-refractivity contribution in [2.45, 2.75) is 52.9 Å². The van der Waals surface area contributed by atoms with Crippen LogP contribution in [0.1, 0.15) is 59.1 Å². The number of aryl methyl sites for hydroxylation is 4. The van der Waals surface area contributed by atoms with Gasteiger partial charge in [-0.1, -0.05) is 12.1 Å². The van der Waals surface area contributed by atoms with Gasteiger partial charge in [0.2, 0.25) is 0 Å². The Bertz CT molecular complexity index is 706. The molecule has 0 spiro atoms. The molecule has 2 rings (SSSR count). The van der Waals surface area contributed by atoms with Crippen molar-refractivity contribution in [1.29, 1.82) is 0 Å². The minimum Gasteiger partial charge on any atom is -0.493 e. The van der Waals surface area contributed by atoms with Gasteiger partial charge in [-0.15, -0.1) is 0 Å². The molecule has 25 heavy (non-hydrogen) atoms. The van der Waals surface area contributed by atoms with Crippen LogP contribution < -0.4 is 4.74 Å². The van der Waals surface area contributed by atoms with Gasteiger partial charge in [-0.2, -0.15) is 0 Å². The maximum absolute atomic E-state index is 11.7. The summed E-state index contributed by atoms with van der Waals surface area (Å²) in [5.74, 6) is 1.52. The molecule has 0 amide bonds. The van der Waals surface area contributed by atoms with E-state index in [2.05, 4.69) is 12.1 Å². The lowest BCUT2D eigenvalue weighted by Crippen LogP contribution is -2.06. The summed E-state index contributed by atoms with van der Waals surface area (Å²) in [4.78, 5) is 11.7. The lowest BCUT2D eigenvalue weighted by atomic mass is 10.0. The molecule has 0 aliphatic rings. The number of benzene rings is 1. The zero-order valence-electron chi connectivity index (χ0n) is 15.6. The summed E-state index contributed by atoms with van der Waals surface area (Å²) in [6.07, 6.45) is 4.83. The number of carbonyl (C=O) groups is 1. The summed E-state index contributed by atoms with van der Waals surface area (Å²) in [5.41, 5.74) is 3.51. The van der Waals surface area contributed by atoms with Gasteiger partial charge in [-0.3, -0.25) is 0 Å². The van der Waals surface area contributed by atoms with E-state index in [0.29, 0.717) is 12.2 Å². The molecule has 0 atom stereocenters. The fourth-order valence-electron chi connectivity index (χ4n) is 2.84. The minimum absolute atomic E-state index is 0.313. The Labute approximate surface area is 149 Å². The number of unbranched alkanes of at least 4 members (excludes halogenated alkanes) is 2. The maximum atomic E-state index is 11.7. The third kappa shape index (κ3) is 5.34. The smallest absolute Gasteiger partial charge is 0.337 e. The predicted octanol–water partition coefficient (Wildman–Crippen LogP) is 4.43. The van der Waals surface area contributed by atoms with Crippen molar-refractivity contribution in [2.24, 2.45) is 0 Å². The summed E-state index contributed by atoms with van der Waals surface area (Å²) >= 11 is 0. The summed E-state index contributed by atoms with van der Waals surface area (Å²) in [6, 6.07) is 5.67. The normalized spacial score (nSPS) is 10.7. The van der Waals surface area contributed by atoms with Gasteiger partial charge in [0.15, 0.2) is 0 Å². The van der Waals surface area contributed by atoms with Crippen molar-refractivity contribution < 1.29 is 18.8 Å². The molecule has 1 heterocycles. The van der Waals surface area contributed by atoms with Gasteiger partial charge >= 0.3 is 5.97 Å². The molecule has 136 valence electrons.